The van der Waals surface area contributed by atoms with Crippen LogP contribution in [0.25, 0.3) is 10.9 Å². The molecule has 1 aromatic heterocycles. The van der Waals surface area contributed by atoms with Gasteiger partial charge >= 0.3 is 12.1 Å². The quantitative estimate of drug-likeness (QED) is 0.421. The molecule has 36 heavy (non-hydrogen) atoms. The lowest BCUT2D eigenvalue weighted by Crippen LogP contribution is -2.64. The Balaban J connectivity index is 1.41. The van der Waals surface area contributed by atoms with Gasteiger partial charge in [0, 0.05) is 53.2 Å². The zero-order valence-corrected chi connectivity index (χ0v) is 20.2. The third kappa shape index (κ3) is 3.69. The number of halogens is 3. The molecule has 5 nitrogen and oxygen atoms in total. The molecule has 4 heterocycles. The number of esters is 1. The summed E-state index contributed by atoms with van der Waals surface area (Å²) in [5.74, 6) is 0.00792. The minimum absolute atomic E-state index is 0.109. The van der Waals surface area contributed by atoms with E-state index in [0.29, 0.717) is 16.6 Å². The first-order valence-corrected chi connectivity index (χ1v) is 12.7. The molecule has 6 rings (SSSR count). The number of carbonyl (C=O) groups is 1. The average Bonchev–Trinajstić information content (AvgIpc) is 3.21. The molecule has 8 heteroatoms. The normalized spacial score (nSPS) is 24.8. The first-order valence-electron chi connectivity index (χ1n) is 12.7. The van der Waals surface area contributed by atoms with E-state index in [4.69, 9.17) is 9.47 Å². The van der Waals surface area contributed by atoms with Crippen molar-refractivity contribution in [3.05, 3.63) is 64.8 Å². The number of hydrogen-bond donors (Lipinski definition) is 1. The van der Waals surface area contributed by atoms with Gasteiger partial charge in [0.05, 0.1) is 5.56 Å². The third-order valence-electron chi connectivity index (χ3n) is 8.15. The van der Waals surface area contributed by atoms with Crippen LogP contribution in [0.3, 0.4) is 0 Å². The van der Waals surface area contributed by atoms with E-state index >= 15 is 0 Å². The van der Waals surface area contributed by atoms with Crippen LogP contribution in [0.4, 0.5) is 13.2 Å². The van der Waals surface area contributed by atoms with Crippen LogP contribution in [-0.4, -0.2) is 40.8 Å². The number of benzene rings is 2. The van der Waals surface area contributed by atoms with Crippen molar-refractivity contribution < 1.29 is 27.4 Å². The van der Waals surface area contributed by atoms with Crippen molar-refractivity contribution in [2.75, 3.05) is 13.1 Å². The molecule has 3 aromatic rings. The molecule has 0 aliphatic carbocycles. The Morgan fingerprint density at radius 1 is 1.14 bits per heavy atom. The number of aromatic nitrogens is 1. The van der Waals surface area contributed by atoms with Crippen molar-refractivity contribution in [2.45, 2.75) is 63.5 Å². The fourth-order valence-corrected chi connectivity index (χ4v) is 6.58. The monoisotopic (exact) mass is 498 g/mol. The van der Waals surface area contributed by atoms with Gasteiger partial charge in [-0.15, -0.1) is 0 Å². The fourth-order valence-electron chi connectivity index (χ4n) is 6.58. The molecule has 2 saturated heterocycles. The van der Waals surface area contributed by atoms with Gasteiger partial charge in [0.15, 0.2) is 5.72 Å². The number of carbonyl (C=O) groups excluding carboxylic acids is 1. The van der Waals surface area contributed by atoms with Crippen LogP contribution >= 0.6 is 0 Å². The smallest absolute Gasteiger partial charge is 0.429 e. The van der Waals surface area contributed by atoms with Crippen molar-refractivity contribution in [3.63, 3.8) is 0 Å². The summed E-state index contributed by atoms with van der Waals surface area (Å²) in [5.41, 5.74) is 1.80. The van der Waals surface area contributed by atoms with Crippen molar-refractivity contribution in [2.24, 2.45) is 5.92 Å². The van der Waals surface area contributed by atoms with E-state index in [1.54, 1.807) is 13.0 Å². The summed E-state index contributed by atoms with van der Waals surface area (Å²) in [6, 6.07) is 11.0. The number of alkyl halides is 3. The van der Waals surface area contributed by atoms with Crippen molar-refractivity contribution in [1.82, 2.24) is 9.88 Å². The lowest BCUT2D eigenvalue weighted by atomic mass is 9.74. The molecule has 3 atom stereocenters. The molecule has 2 fully saturated rings. The molecule has 190 valence electrons. The summed E-state index contributed by atoms with van der Waals surface area (Å²) in [7, 11) is 0. The molecule has 3 unspecified atom stereocenters. The molecular formula is C28H29F3N2O3. The topological polar surface area (TPSA) is 54.6 Å². The van der Waals surface area contributed by atoms with E-state index in [-0.39, 0.29) is 22.8 Å². The van der Waals surface area contributed by atoms with Gasteiger partial charge < -0.3 is 14.5 Å². The molecule has 0 saturated carbocycles. The highest BCUT2D eigenvalue weighted by molar-refractivity contribution is 6.07. The highest BCUT2D eigenvalue weighted by atomic mass is 19.4. The van der Waals surface area contributed by atoms with Crippen molar-refractivity contribution in [3.8, 4) is 5.75 Å². The van der Waals surface area contributed by atoms with Gasteiger partial charge in [-0.3, -0.25) is 4.90 Å². The average molecular weight is 499 g/mol. The number of fused-ring (bicyclic) bond motifs is 3. The van der Waals surface area contributed by atoms with Crippen LogP contribution in [0.2, 0.25) is 0 Å². The van der Waals surface area contributed by atoms with Gasteiger partial charge in [-0.1, -0.05) is 30.3 Å². The van der Waals surface area contributed by atoms with E-state index in [2.05, 4.69) is 9.88 Å². The van der Waals surface area contributed by atoms with E-state index in [1.165, 1.54) is 30.7 Å². The number of piperidine rings is 2. The molecule has 0 bridgehead atoms. The Morgan fingerprint density at radius 3 is 2.69 bits per heavy atom. The number of aryl methyl sites for hydroxylation is 1. The lowest BCUT2D eigenvalue weighted by molar-refractivity contribution is -0.207. The molecule has 0 amide bonds. The maximum absolute atomic E-state index is 13.9. The molecular weight excluding hydrogens is 469 g/mol. The first kappa shape index (κ1) is 23.4. The van der Waals surface area contributed by atoms with Gasteiger partial charge in [-0.25, -0.2) is 4.79 Å². The number of nitrogens with one attached hydrogen (secondary N) is 1. The number of aromatic amines is 1. The van der Waals surface area contributed by atoms with Crippen LogP contribution in [0.5, 0.6) is 5.75 Å². The molecule has 1 N–H and O–H groups in total. The molecule has 0 radical (unpaired) electrons. The summed E-state index contributed by atoms with van der Waals surface area (Å²) in [4.78, 5) is 19.0. The summed E-state index contributed by atoms with van der Waals surface area (Å²) in [6.07, 6.45) is -0.987. The number of ether oxygens (including phenoxy) is 2. The maximum Gasteiger partial charge on any atom is 0.429 e. The minimum Gasteiger partial charge on any atom is -0.472 e. The summed E-state index contributed by atoms with van der Waals surface area (Å²) in [6.45, 7) is 3.74. The van der Waals surface area contributed by atoms with Gasteiger partial charge in [-0.2, -0.15) is 13.2 Å². The Labute approximate surface area is 207 Å². The van der Waals surface area contributed by atoms with Crippen LogP contribution in [0, 0.1) is 12.8 Å². The van der Waals surface area contributed by atoms with E-state index in [1.807, 2.05) is 12.1 Å². The van der Waals surface area contributed by atoms with Crippen LogP contribution in [-0.2, 0) is 11.2 Å². The second kappa shape index (κ2) is 8.54. The second-order valence-corrected chi connectivity index (χ2v) is 10.3. The number of rotatable bonds is 3. The Kier molecular flexibility index (Phi) is 5.55. The predicted molar refractivity (Wildman–Crippen MR) is 129 cm³/mol. The van der Waals surface area contributed by atoms with E-state index < -0.39 is 18.2 Å². The first-order chi connectivity index (χ1) is 17.3. The number of H-pyrrole nitrogens is 1. The molecule has 2 aromatic carbocycles. The fraction of sp³-hybridized carbons (Fsp3) is 0.464. The zero-order valence-electron chi connectivity index (χ0n) is 20.2. The predicted octanol–water partition coefficient (Wildman–Crippen LogP) is 6.46. The zero-order chi connectivity index (χ0) is 25.1. The van der Waals surface area contributed by atoms with Crippen LogP contribution < -0.4 is 4.74 Å². The van der Waals surface area contributed by atoms with Gasteiger partial charge in [0.2, 0.25) is 6.10 Å². The number of hydrogen-bond acceptors (Lipinski definition) is 4. The Hall–Kier alpha value is -3.00. The Morgan fingerprint density at radius 2 is 1.92 bits per heavy atom. The Bertz CT molecular complexity index is 1300. The molecule has 3 aliphatic rings. The third-order valence-corrected chi connectivity index (χ3v) is 8.15. The summed E-state index contributed by atoms with van der Waals surface area (Å²) in [5, 5.41) is 0.617. The second-order valence-electron chi connectivity index (χ2n) is 10.3. The van der Waals surface area contributed by atoms with Crippen molar-refractivity contribution in [1.29, 1.82) is 0 Å². The standard InChI is InChI=1S/C28H29F3N2O3/c1-17-23(26(34)35-25(28(29,30)31)18-8-3-2-4-9-18)24-20-16-19-10-7-15-33-14-6-5-13-27(19,33)36-22(20)12-11-21(24)32-17/h2-4,8-9,11-12,19,25,32H,5-7,10,13-16H2,1H3. The maximum atomic E-state index is 13.9. The van der Waals surface area contributed by atoms with Crippen molar-refractivity contribution >= 4 is 16.9 Å². The largest absolute Gasteiger partial charge is 0.472 e. The number of nitrogens with zero attached hydrogens (tertiary/aromatic N) is 1. The van der Waals surface area contributed by atoms with Crippen LogP contribution in [0.1, 0.15) is 65.4 Å². The highest BCUT2D eigenvalue weighted by Crippen LogP contribution is 2.50. The summed E-state index contributed by atoms with van der Waals surface area (Å²) >= 11 is 0. The van der Waals surface area contributed by atoms with Gasteiger partial charge in [-0.05, 0) is 51.2 Å². The SMILES string of the molecule is Cc1[nH]c2ccc3c(c2c1C(=O)OC(c1ccccc1)C(F)(F)F)CC1CCCN2CCCCC12O3. The van der Waals surface area contributed by atoms with E-state index in [0.717, 1.165) is 56.5 Å². The lowest BCUT2D eigenvalue weighted by Gasteiger charge is -2.56. The molecule has 3 aliphatic heterocycles. The highest BCUT2D eigenvalue weighted by Gasteiger charge is 2.52. The van der Waals surface area contributed by atoms with E-state index in [9.17, 15) is 18.0 Å². The molecule has 1 spiro atoms. The minimum atomic E-state index is -4.74. The van der Waals surface area contributed by atoms with Gasteiger partial charge in [0.1, 0.15) is 5.75 Å². The summed E-state index contributed by atoms with van der Waals surface area (Å²) < 4.78 is 53.7. The van der Waals surface area contributed by atoms with Gasteiger partial charge in [0.25, 0.3) is 0 Å². The van der Waals surface area contributed by atoms with Crippen LogP contribution in [0.15, 0.2) is 42.5 Å².